The predicted molar refractivity (Wildman–Crippen MR) is 87.9 cm³/mol. The highest BCUT2D eigenvalue weighted by atomic mass is 16.5. The van der Waals surface area contributed by atoms with Crippen molar-refractivity contribution in [1.29, 1.82) is 0 Å². The van der Waals surface area contributed by atoms with Crippen molar-refractivity contribution < 1.29 is 9.53 Å². The first-order valence-corrected chi connectivity index (χ1v) is 8.04. The van der Waals surface area contributed by atoms with Crippen LogP contribution in [0.2, 0.25) is 0 Å². The zero-order valence-corrected chi connectivity index (χ0v) is 13.0. The molecule has 0 aromatic heterocycles. The highest BCUT2D eigenvalue weighted by Gasteiger charge is 2.46. The number of carbonyl (C=O) groups excluding carboxylic acids is 1. The molecule has 1 amide bonds. The molecule has 3 heteroatoms. The molecule has 0 heterocycles. The molecule has 114 valence electrons. The van der Waals surface area contributed by atoms with Crippen molar-refractivity contribution in [2.24, 2.45) is 0 Å². The molecule has 0 radical (unpaired) electrons. The summed E-state index contributed by atoms with van der Waals surface area (Å²) >= 11 is 0. The van der Waals surface area contributed by atoms with Crippen LogP contribution in [0, 0.1) is 0 Å². The molecule has 23 heavy (non-hydrogen) atoms. The summed E-state index contributed by atoms with van der Waals surface area (Å²) in [6.07, 6.45) is 9.28. The number of hydrogen-bond donors (Lipinski definition) is 1. The van der Waals surface area contributed by atoms with Gasteiger partial charge in [0, 0.05) is 5.57 Å². The van der Waals surface area contributed by atoms with Gasteiger partial charge in [0.1, 0.15) is 5.75 Å². The average Bonchev–Trinajstić information content (AvgIpc) is 3.44. The molecule has 0 atom stereocenters. The molecule has 1 N–H and O–H groups in total. The number of rotatable bonds is 4. The van der Waals surface area contributed by atoms with Gasteiger partial charge in [-0.2, -0.15) is 0 Å². The summed E-state index contributed by atoms with van der Waals surface area (Å²) in [5, 5.41) is 3.26. The van der Waals surface area contributed by atoms with E-state index in [1.165, 1.54) is 16.7 Å². The van der Waals surface area contributed by atoms with E-state index >= 15 is 0 Å². The summed E-state index contributed by atoms with van der Waals surface area (Å²) in [5.41, 5.74) is 6.91. The fourth-order valence-electron chi connectivity index (χ4n) is 3.65. The third-order valence-corrected chi connectivity index (χ3v) is 5.24. The Hall–Kier alpha value is -2.55. The third-order valence-electron chi connectivity index (χ3n) is 5.24. The molecular weight excluding hydrogens is 286 g/mol. The Balaban J connectivity index is 1.43. The minimum absolute atomic E-state index is 0.0327. The predicted octanol–water partition coefficient (Wildman–Crippen LogP) is 3.31. The first-order chi connectivity index (χ1) is 11.2. The Bertz CT molecular complexity index is 879. The average molecular weight is 303 g/mol. The van der Waals surface area contributed by atoms with E-state index in [0.717, 1.165) is 41.7 Å². The Labute approximate surface area is 135 Å². The summed E-state index contributed by atoms with van der Waals surface area (Å²) < 4.78 is 5.31. The van der Waals surface area contributed by atoms with Gasteiger partial charge in [-0.1, -0.05) is 18.2 Å². The lowest BCUT2D eigenvalue weighted by atomic mass is 10.0. The number of amides is 1. The first-order valence-electron chi connectivity index (χ1n) is 8.04. The first kappa shape index (κ1) is 12.9. The van der Waals surface area contributed by atoms with Crippen molar-refractivity contribution in [3.8, 4) is 5.75 Å². The zero-order valence-electron chi connectivity index (χ0n) is 13.0. The van der Waals surface area contributed by atoms with Crippen LogP contribution in [0.4, 0.5) is 0 Å². The second-order valence-electron chi connectivity index (χ2n) is 6.67. The van der Waals surface area contributed by atoms with Crippen molar-refractivity contribution in [2.75, 3.05) is 7.11 Å². The van der Waals surface area contributed by atoms with E-state index in [2.05, 4.69) is 23.5 Å². The summed E-state index contributed by atoms with van der Waals surface area (Å²) in [6.45, 7) is 0. The van der Waals surface area contributed by atoms with E-state index < -0.39 is 0 Å². The Kier molecular flexibility index (Phi) is 2.39. The molecule has 2 fully saturated rings. The second kappa shape index (κ2) is 4.25. The van der Waals surface area contributed by atoms with Gasteiger partial charge in [-0.3, -0.25) is 4.79 Å². The van der Waals surface area contributed by atoms with Gasteiger partial charge < -0.3 is 10.1 Å². The van der Waals surface area contributed by atoms with Crippen LogP contribution in [0.3, 0.4) is 0 Å². The van der Waals surface area contributed by atoms with Gasteiger partial charge in [-0.05, 0) is 71.4 Å². The number of fused-ring (bicyclic) bond motifs is 2. The van der Waals surface area contributed by atoms with Crippen molar-refractivity contribution in [1.82, 2.24) is 5.32 Å². The number of nitrogens with one attached hydrogen (secondary N) is 1. The van der Waals surface area contributed by atoms with Gasteiger partial charge >= 0.3 is 0 Å². The normalized spacial score (nSPS) is 21.9. The molecule has 1 aromatic carbocycles. The van der Waals surface area contributed by atoms with Crippen LogP contribution in [0.1, 0.15) is 24.8 Å². The summed E-state index contributed by atoms with van der Waals surface area (Å²) in [7, 11) is 1.67. The molecule has 2 saturated carbocycles. The number of benzene rings is 1. The molecule has 0 aliphatic heterocycles. The molecule has 5 rings (SSSR count). The van der Waals surface area contributed by atoms with Crippen LogP contribution in [0.25, 0.3) is 0 Å². The Morgan fingerprint density at radius 1 is 1.22 bits per heavy atom. The summed E-state index contributed by atoms with van der Waals surface area (Å²) in [5.74, 6) is 0.865. The molecule has 0 saturated heterocycles. The fraction of sp³-hybridized carbons (Fsp3) is 0.250. The maximum absolute atomic E-state index is 12.8. The summed E-state index contributed by atoms with van der Waals surface area (Å²) in [6, 6.07) is 8.00. The SMILES string of the molecule is COc1cccc(C2(NC(=O)C3=C4C=C5CC5=C4C=C3)CC2)c1. The van der Waals surface area contributed by atoms with Gasteiger partial charge in [-0.25, -0.2) is 0 Å². The van der Waals surface area contributed by atoms with Crippen LogP contribution in [0.5, 0.6) is 5.75 Å². The molecular formula is C20H17NO2. The smallest absolute Gasteiger partial charge is 0.252 e. The molecule has 0 spiro atoms. The third kappa shape index (κ3) is 1.86. The standard InChI is InChI=1S/C20H17NO2/c1-23-14-4-2-3-13(11-14)20(7-8-20)21-19(22)16-6-5-15-17-9-12(17)10-18(15)16/h2-6,10-11H,7-9H2,1H3,(H,21,22). The lowest BCUT2D eigenvalue weighted by Gasteiger charge is -2.19. The van der Waals surface area contributed by atoms with E-state index in [1.54, 1.807) is 7.11 Å². The number of carbonyl (C=O) groups is 1. The molecule has 3 nitrogen and oxygen atoms in total. The number of ether oxygens (including phenoxy) is 1. The van der Waals surface area contributed by atoms with Crippen molar-refractivity contribution in [2.45, 2.75) is 24.8 Å². The Morgan fingerprint density at radius 2 is 2.09 bits per heavy atom. The van der Waals surface area contributed by atoms with Gasteiger partial charge in [0.15, 0.2) is 0 Å². The number of methoxy groups -OCH3 is 1. The molecule has 0 unspecified atom stereocenters. The van der Waals surface area contributed by atoms with Gasteiger partial charge in [-0.15, -0.1) is 0 Å². The molecule has 4 aliphatic rings. The van der Waals surface area contributed by atoms with E-state index in [0.29, 0.717) is 0 Å². The van der Waals surface area contributed by atoms with Gasteiger partial charge in [0.25, 0.3) is 5.91 Å². The van der Waals surface area contributed by atoms with Crippen molar-refractivity contribution in [3.05, 3.63) is 75.9 Å². The minimum Gasteiger partial charge on any atom is -0.497 e. The second-order valence-corrected chi connectivity index (χ2v) is 6.67. The van der Waals surface area contributed by atoms with Crippen molar-refractivity contribution in [3.63, 3.8) is 0 Å². The lowest BCUT2D eigenvalue weighted by molar-refractivity contribution is -0.118. The number of allylic oxidation sites excluding steroid dienone is 6. The number of hydrogen-bond acceptors (Lipinski definition) is 2. The topological polar surface area (TPSA) is 38.3 Å². The fourth-order valence-corrected chi connectivity index (χ4v) is 3.65. The Morgan fingerprint density at radius 3 is 2.87 bits per heavy atom. The van der Waals surface area contributed by atoms with Gasteiger partial charge in [0.05, 0.1) is 12.6 Å². The largest absolute Gasteiger partial charge is 0.497 e. The minimum atomic E-state index is -0.225. The van der Waals surface area contributed by atoms with E-state index in [1.807, 2.05) is 24.3 Å². The maximum atomic E-state index is 12.8. The van der Waals surface area contributed by atoms with Crippen LogP contribution in [-0.2, 0) is 10.3 Å². The molecule has 1 aromatic rings. The molecule has 4 aliphatic carbocycles. The monoisotopic (exact) mass is 303 g/mol. The maximum Gasteiger partial charge on any atom is 0.252 e. The van der Waals surface area contributed by atoms with Crippen LogP contribution >= 0.6 is 0 Å². The van der Waals surface area contributed by atoms with Gasteiger partial charge in [0.2, 0.25) is 0 Å². The highest BCUT2D eigenvalue weighted by molar-refractivity contribution is 6.02. The highest BCUT2D eigenvalue weighted by Crippen LogP contribution is 2.52. The lowest BCUT2D eigenvalue weighted by Crippen LogP contribution is -2.35. The van der Waals surface area contributed by atoms with Crippen molar-refractivity contribution >= 4 is 5.91 Å². The quantitative estimate of drug-likeness (QED) is 0.927. The van der Waals surface area contributed by atoms with Crippen LogP contribution in [-0.4, -0.2) is 13.0 Å². The van der Waals surface area contributed by atoms with E-state index in [4.69, 9.17) is 4.74 Å². The zero-order chi connectivity index (χ0) is 15.6. The van der Waals surface area contributed by atoms with Crippen LogP contribution < -0.4 is 10.1 Å². The summed E-state index contributed by atoms with van der Waals surface area (Å²) in [4.78, 5) is 12.8. The molecule has 0 bridgehead atoms. The van der Waals surface area contributed by atoms with E-state index in [-0.39, 0.29) is 11.4 Å². The van der Waals surface area contributed by atoms with E-state index in [9.17, 15) is 4.79 Å². The van der Waals surface area contributed by atoms with Crippen LogP contribution in [0.15, 0.2) is 70.4 Å².